The Labute approximate surface area is 285 Å². The first kappa shape index (κ1) is 48.3. The quantitative estimate of drug-likeness (QED) is 0.0547. The lowest BCUT2D eigenvalue weighted by Crippen LogP contribution is -2.33. The highest BCUT2D eigenvalue weighted by Crippen LogP contribution is 2.28. The van der Waals surface area contributed by atoms with Crippen LogP contribution >= 0.6 is 0 Å². The van der Waals surface area contributed by atoms with Gasteiger partial charge in [-0.05, 0) is 103 Å². The molecule has 270 valence electrons. The maximum absolute atomic E-state index is 13.9. The number of ether oxygens (including phenoxy) is 2. The minimum atomic E-state index is -1.84. The van der Waals surface area contributed by atoms with Crippen molar-refractivity contribution in [3.05, 3.63) is 34.6 Å². The summed E-state index contributed by atoms with van der Waals surface area (Å²) in [6.45, 7) is 35.6. The zero-order chi connectivity index (χ0) is 36.9. The van der Waals surface area contributed by atoms with Crippen molar-refractivity contribution in [1.82, 2.24) is 0 Å². The number of alkyl halides is 1. The summed E-state index contributed by atoms with van der Waals surface area (Å²) in [5.74, 6) is -1.59. The summed E-state index contributed by atoms with van der Waals surface area (Å²) >= 11 is 0. The van der Waals surface area contributed by atoms with Crippen LogP contribution in [0.1, 0.15) is 163 Å². The normalized spacial score (nSPS) is 15.0. The number of ketones is 1. The Bertz CT molecular complexity index is 979. The molecule has 0 spiro atoms. The van der Waals surface area contributed by atoms with Crippen molar-refractivity contribution in [2.75, 3.05) is 6.61 Å². The number of carbonyl (C=O) groups is 2. The molecule has 0 aromatic carbocycles. The molecular formula is C40H74FNO4. The van der Waals surface area contributed by atoms with Crippen molar-refractivity contribution in [1.29, 1.82) is 0 Å². The number of rotatable bonds is 16. The molecule has 0 bridgehead atoms. The molecule has 0 radical (unpaired) electrons. The second-order valence-corrected chi connectivity index (χ2v) is 15.1. The van der Waals surface area contributed by atoms with Crippen LogP contribution in [0.4, 0.5) is 4.39 Å². The lowest BCUT2D eigenvalue weighted by atomic mass is 9.86. The summed E-state index contributed by atoms with van der Waals surface area (Å²) in [4.78, 5) is 30.7. The maximum Gasteiger partial charge on any atom is 0.311 e. The number of aliphatic imine (C=N–C) groups is 1. The monoisotopic (exact) mass is 652 g/mol. The number of nitrogens with zero attached hydrogens (tertiary/aromatic N) is 1. The molecule has 46 heavy (non-hydrogen) atoms. The highest BCUT2D eigenvalue weighted by atomic mass is 19.2. The third kappa shape index (κ3) is 26.0. The van der Waals surface area contributed by atoms with Crippen molar-refractivity contribution >= 4 is 18.0 Å². The molecule has 0 aliphatic rings. The maximum atomic E-state index is 13.9. The fourth-order valence-electron chi connectivity index (χ4n) is 3.60. The van der Waals surface area contributed by atoms with Crippen LogP contribution in [-0.4, -0.2) is 36.0 Å². The lowest BCUT2D eigenvalue weighted by Gasteiger charge is -2.25. The van der Waals surface area contributed by atoms with E-state index in [-0.39, 0.29) is 17.8 Å². The van der Waals surface area contributed by atoms with Gasteiger partial charge in [0, 0.05) is 18.2 Å². The van der Waals surface area contributed by atoms with E-state index in [4.69, 9.17) is 14.5 Å². The van der Waals surface area contributed by atoms with Gasteiger partial charge in [-0.3, -0.25) is 14.6 Å². The van der Waals surface area contributed by atoms with Gasteiger partial charge in [-0.25, -0.2) is 4.39 Å². The summed E-state index contributed by atoms with van der Waals surface area (Å²) < 4.78 is 24.7. The Morgan fingerprint density at radius 3 is 1.83 bits per heavy atom. The predicted octanol–water partition coefficient (Wildman–Crippen LogP) is 12.2. The van der Waals surface area contributed by atoms with Crippen LogP contribution in [0.25, 0.3) is 0 Å². The van der Waals surface area contributed by atoms with Gasteiger partial charge in [0.25, 0.3) is 0 Å². The van der Waals surface area contributed by atoms with Crippen molar-refractivity contribution in [2.45, 2.75) is 175 Å². The predicted molar refractivity (Wildman–Crippen MR) is 198 cm³/mol. The fraction of sp³-hybridized carbons (Fsp3) is 0.775. The third-order valence-electron chi connectivity index (χ3n) is 6.95. The standard InChI is InChI=1S/C34H58FNO4.C4H10.C2H6/c1-14-18-27(22-36-29(26(5)24(3)15-2)21-25(4)32(6,7)8)30(37)20-17-16-19-28(23-39-34(12,13)35)31(38)40-33(9,10)11;1-4(2)3;1-2/h18,21-22,24,28H,14-17,19-20,23H2,1-13H3;4H,1-3H3;1-2H3/b25-21+,27-18-,29-26+,36-22+;;. The molecule has 5 nitrogen and oxygen atoms in total. The van der Waals surface area contributed by atoms with Gasteiger partial charge < -0.3 is 9.47 Å². The van der Waals surface area contributed by atoms with Crippen LogP contribution in [0.15, 0.2) is 39.6 Å². The summed E-state index contributed by atoms with van der Waals surface area (Å²) in [5, 5.41) is 0. The second-order valence-electron chi connectivity index (χ2n) is 15.1. The average Bonchev–Trinajstić information content (AvgIpc) is 2.91. The van der Waals surface area contributed by atoms with E-state index in [0.717, 1.165) is 24.5 Å². The number of hydrogen-bond acceptors (Lipinski definition) is 5. The molecule has 0 amide bonds. The molecule has 0 fully saturated rings. The highest BCUT2D eigenvalue weighted by molar-refractivity contribution is 6.13. The SMILES string of the molecule is CC.CC(C)C.CC/C=C(/C=N/C(/C=C(\C)C(C)(C)C)=C(\C)C(C)CC)C(=O)CCCCC(COC(C)(C)F)C(=O)OC(C)(C)C. The average molecular weight is 652 g/mol. The van der Waals surface area contributed by atoms with Crippen LogP contribution in [0.2, 0.25) is 0 Å². The first-order chi connectivity index (χ1) is 20.9. The van der Waals surface area contributed by atoms with Crippen molar-refractivity contribution in [3.63, 3.8) is 0 Å². The zero-order valence-electron chi connectivity index (χ0n) is 33.4. The summed E-state index contributed by atoms with van der Waals surface area (Å²) in [5.41, 5.74) is 3.33. The summed E-state index contributed by atoms with van der Waals surface area (Å²) in [7, 11) is 0. The van der Waals surface area contributed by atoms with E-state index in [1.54, 1.807) is 27.0 Å². The van der Waals surface area contributed by atoms with Crippen LogP contribution in [-0.2, 0) is 19.1 Å². The Hall–Kier alpha value is -2.08. The van der Waals surface area contributed by atoms with Crippen LogP contribution in [0.5, 0.6) is 0 Å². The van der Waals surface area contributed by atoms with E-state index >= 15 is 0 Å². The van der Waals surface area contributed by atoms with Crippen LogP contribution in [0.3, 0.4) is 0 Å². The number of carbonyl (C=O) groups excluding carboxylic acids is 2. The number of Topliss-reactive ketones (excluding diaryl/α,β-unsaturated/α-hetero) is 1. The van der Waals surface area contributed by atoms with Gasteiger partial charge in [-0.2, -0.15) is 0 Å². The molecule has 2 unspecified atom stereocenters. The molecule has 0 saturated heterocycles. The van der Waals surface area contributed by atoms with Gasteiger partial charge in [0.15, 0.2) is 5.78 Å². The molecule has 0 saturated carbocycles. The molecular weight excluding hydrogens is 577 g/mol. The molecule has 0 aromatic rings. The molecule has 2 atom stereocenters. The Morgan fingerprint density at radius 1 is 0.891 bits per heavy atom. The van der Waals surface area contributed by atoms with Gasteiger partial charge in [-0.1, -0.05) is 94.2 Å². The number of esters is 1. The van der Waals surface area contributed by atoms with E-state index in [0.29, 0.717) is 37.2 Å². The van der Waals surface area contributed by atoms with Crippen molar-refractivity contribution in [3.8, 4) is 0 Å². The first-order valence-electron chi connectivity index (χ1n) is 17.7. The van der Waals surface area contributed by atoms with E-state index in [1.165, 1.54) is 25.0 Å². The highest BCUT2D eigenvalue weighted by Gasteiger charge is 2.28. The summed E-state index contributed by atoms with van der Waals surface area (Å²) in [6, 6.07) is 0. The lowest BCUT2D eigenvalue weighted by molar-refractivity contribution is -0.171. The van der Waals surface area contributed by atoms with Crippen molar-refractivity contribution < 1.29 is 23.5 Å². The van der Waals surface area contributed by atoms with Crippen molar-refractivity contribution in [2.24, 2.45) is 28.2 Å². The van der Waals surface area contributed by atoms with E-state index in [1.807, 2.05) is 26.8 Å². The van der Waals surface area contributed by atoms with E-state index in [9.17, 15) is 14.0 Å². The smallest absolute Gasteiger partial charge is 0.311 e. The Morgan fingerprint density at radius 2 is 1.41 bits per heavy atom. The van der Waals surface area contributed by atoms with Gasteiger partial charge in [0.2, 0.25) is 5.85 Å². The molecule has 0 aliphatic carbocycles. The molecule has 0 aliphatic heterocycles. The third-order valence-corrected chi connectivity index (χ3v) is 6.95. The topological polar surface area (TPSA) is 65.0 Å². The minimum absolute atomic E-state index is 0.0244. The van der Waals surface area contributed by atoms with Crippen LogP contribution < -0.4 is 0 Å². The van der Waals surface area contributed by atoms with Gasteiger partial charge in [0.1, 0.15) is 5.60 Å². The number of halogens is 1. The summed E-state index contributed by atoms with van der Waals surface area (Å²) in [6.07, 6.45) is 9.53. The Kier molecular flexibility index (Phi) is 25.3. The van der Waals surface area contributed by atoms with Gasteiger partial charge in [-0.15, -0.1) is 0 Å². The molecule has 0 heterocycles. The number of unbranched alkanes of at least 4 members (excludes halogenated alkanes) is 1. The Balaban J connectivity index is -0.00000284. The zero-order valence-corrected chi connectivity index (χ0v) is 33.4. The largest absolute Gasteiger partial charge is 0.460 e. The molecule has 0 aromatic heterocycles. The van der Waals surface area contributed by atoms with Gasteiger partial charge >= 0.3 is 5.97 Å². The molecule has 0 N–H and O–H groups in total. The first-order valence-corrected chi connectivity index (χ1v) is 17.7. The molecule has 6 heteroatoms. The van der Waals surface area contributed by atoms with E-state index in [2.05, 4.69) is 75.3 Å². The second kappa shape index (κ2) is 24.1. The van der Waals surface area contributed by atoms with Crippen LogP contribution in [0, 0.1) is 23.2 Å². The minimum Gasteiger partial charge on any atom is -0.460 e. The number of hydrogen-bond donors (Lipinski definition) is 0. The van der Waals surface area contributed by atoms with Gasteiger partial charge in [0.05, 0.1) is 18.2 Å². The number of allylic oxidation sites excluding steroid dienone is 5. The molecule has 0 rings (SSSR count). The van der Waals surface area contributed by atoms with E-state index < -0.39 is 23.3 Å². The fourth-order valence-corrected chi connectivity index (χ4v) is 3.60.